The van der Waals surface area contributed by atoms with Gasteiger partial charge in [-0.3, -0.25) is 4.90 Å². The summed E-state index contributed by atoms with van der Waals surface area (Å²) < 4.78 is 13.6. The van der Waals surface area contributed by atoms with Gasteiger partial charge in [-0.1, -0.05) is 32.0 Å². The van der Waals surface area contributed by atoms with Gasteiger partial charge in [-0.05, 0) is 26.0 Å². The first-order chi connectivity index (χ1) is 7.91. The molecule has 1 unspecified atom stereocenters. The monoisotopic (exact) mass is 238 g/mol. The highest BCUT2D eigenvalue weighted by molar-refractivity contribution is 5.17. The lowest BCUT2D eigenvalue weighted by Crippen LogP contribution is -2.53. The highest BCUT2D eigenvalue weighted by Gasteiger charge is 2.31. The molecule has 96 valence electrons. The van der Waals surface area contributed by atoms with Gasteiger partial charge in [-0.2, -0.15) is 0 Å². The summed E-state index contributed by atoms with van der Waals surface area (Å²) in [6.07, 6.45) is 0. The minimum absolute atomic E-state index is 0.109. The van der Waals surface area contributed by atoms with Crippen LogP contribution in [0.1, 0.15) is 26.3 Å². The van der Waals surface area contributed by atoms with Gasteiger partial charge in [0.15, 0.2) is 0 Å². The van der Waals surface area contributed by atoms with E-state index in [2.05, 4.69) is 25.7 Å². The second-order valence-corrected chi connectivity index (χ2v) is 5.16. The normalized spacial score (nSPS) is 15.3. The SMILES string of the molecule is CC(C)C(C)(CN)N(C)Cc1ccccc1F. The van der Waals surface area contributed by atoms with Crippen molar-refractivity contribution in [3.8, 4) is 0 Å². The molecule has 3 heteroatoms. The van der Waals surface area contributed by atoms with Crippen LogP contribution in [0, 0.1) is 11.7 Å². The fourth-order valence-electron chi connectivity index (χ4n) is 1.90. The summed E-state index contributed by atoms with van der Waals surface area (Å²) in [5.74, 6) is 0.270. The maximum Gasteiger partial charge on any atom is 0.127 e. The van der Waals surface area contributed by atoms with Crippen LogP contribution in [-0.4, -0.2) is 24.0 Å². The fraction of sp³-hybridized carbons (Fsp3) is 0.571. The molecule has 0 radical (unpaired) electrons. The van der Waals surface area contributed by atoms with Gasteiger partial charge in [-0.15, -0.1) is 0 Å². The lowest BCUT2D eigenvalue weighted by atomic mass is 9.86. The maximum atomic E-state index is 13.6. The van der Waals surface area contributed by atoms with Crippen LogP contribution in [0.2, 0.25) is 0 Å². The van der Waals surface area contributed by atoms with E-state index in [0.717, 1.165) is 5.56 Å². The molecule has 0 aliphatic heterocycles. The van der Waals surface area contributed by atoms with Crippen LogP contribution in [-0.2, 0) is 6.54 Å². The number of nitrogens with zero attached hydrogens (tertiary/aromatic N) is 1. The smallest absolute Gasteiger partial charge is 0.127 e. The van der Waals surface area contributed by atoms with Crippen LogP contribution in [0.4, 0.5) is 4.39 Å². The zero-order valence-electron chi connectivity index (χ0n) is 11.2. The second-order valence-electron chi connectivity index (χ2n) is 5.16. The average Bonchev–Trinajstić information content (AvgIpc) is 2.30. The first kappa shape index (κ1) is 14.1. The average molecular weight is 238 g/mol. The molecule has 0 heterocycles. The van der Waals surface area contributed by atoms with Gasteiger partial charge >= 0.3 is 0 Å². The molecular weight excluding hydrogens is 215 g/mol. The highest BCUT2D eigenvalue weighted by Crippen LogP contribution is 2.24. The third-order valence-corrected chi connectivity index (χ3v) is 3.89. The van der Waals surface area contributed by atoms with Crippen molar-refractivity contribution in [3.05, 3.63) is 35.6 Å². The Morgan fingerprint density at radius 2 is 1.94 bits per heavy atom. The van der Waals surface area contributed by atoms with Crippen molar-refractivity contribution in [2.24, 2.45) is 11.7 Å². The van der Waals surface area contributed by atoms with E-state index in [4.69, 9.17) is 5.73 Å². The van der Waals surface area contributed by atoms with Crippen molar-refractivity contribution in [3.63, 3.8) is 0 Å². The third kappa shape index (κ3) is 3.05. The first-order valence-electron chi connectivity index (χ1n) is 6.06. The van der Waals surface area contributed by atoms with E-state index in [9.17, 15) is 4.39 Å². The summed E-state index contributed by atoms with van der Waals surface area (Å²) in [6, 6.07) is 6.90. The predicted molar refractivity (Wildman–Crippen MR) is 70.2 cm³/mol. The molecule has 0 bridgehead atoms. The van der Waals surface area contributed by atoms with Gasteiger partial charge in [0.1, 0.15) is 5.82 Å². The summed E-state index contributed by atoms with van der Waals surface area (Å²) in [5.41, 5.74) is 6.47. The zero-order chi connectivity index (χ0) is 13.1. The van der Waals surface area contributed by atoms with E-state index in [1.807, 2.05) is 19.2 Å². The molecule has 0 saturated carbocycles. The Bertz CT molecular complexity index is 365. The Balaban J connectivity index is 2.85. The summed E-state index contributed by atoms with van der Waals surface area (Å²) in [6.45, 7) is 7.56. The molecule has 2 nitrogen and oxygen atoms in total. The number of hydrogen-bond acceptors (Lipinski definition) is 2. The van der Waals surface area contributed by atoms with Crippen LogP contribution >= 0.6 is 0 Å². The molecule has 1 rings (SSSR count). The third-order valence-electron chi connectivity index (χ3n) is 3.89. The van der Waals surface area contributed by atoms with Crippen LogP contribution < -0.4 is 5.73 Å². The van der Waals surface area contributed by atoms with Gasteiger partial charge in [0.25, 0.3) is 0 Å². The number of halogens is 1. The number of rotatable bonds is 5. The molecule has 1 atom stereocenters. The Morgan fingerprint density at radius 3 is 2.41 bits per heavy atom. The molecule has 1 aromatic rings. The molecule has 1 aromatic carbocycles. The molecule has 17 heavy (non-hydrogen) atoms. The van der Waals surface area contributed by atoms with E-state index < -0.39 is 0 Å². The standard InChI is InChI=1S/C14H23FN2/c1-11(2)14(3,10-16)17(4)9-12-7-5-6-8-13(12)15/h5-8,11H,9-10,16H2,1-4H3. The van der Waals surface area contributed by atoms with E-state index in [1.165, 1.54) is 6.07 Å². The summed E-state index contributed by atoms with van der Waals surface area (Å²) >= 11 is 0. The quantitative estimate of drug-likeness (QED) is 0.854. The van der Waals surface area contributed by atoms with E-state index in [-0.39, 0.29) is 11.4 Å². The molecule has 2 N–H and O–H groups in total. The summed E-state index contributed by atoms with van der Waals surface area (Å²) in [5, 5.41) is 0. The van der Waals surface area contributed by atoms with Crippen molar-refractivity contribution in [2.45, 2.75) is 32.9 Å². The predicted octanol–water partition coefficient (Wildman–Crippen LogP) is 2.63. The number of nitrogens with two attached hydrogens (primary N) is 1. The number of benzene rings is 1. The Hall–Kier alpha value is -0.930. The van der Waals surface area contributed by atoms with Crippen molar-refractivity contribution in [2.75, 3.05) is 13.6 Å². The first-order valence-corrected chi connectivity index (χ1v) is 6.06. The van der Waals surface area contributed by atoms with Gasteiger partial charge in [0.2, 0.25) is 0 Å². The van der Waals surface area contributed by atoms with Gasteiger partial charge in [0.05, 0.1) is 0 Å². The molecule has 0 fully saturated rings. The van der Waals surface area contributed by atoms with Gasteiger partial charge in [-0.25, -0.2) is 4.39 Å². The molecular formula is C14H23FN2. The Labute approximate surface area is 104 Å². The highest BCUT2D eigenvalue weighted by atomic mass is 19.1. The van der Waals surface area contributed by atoms with Crippen LogP contribution in [0.15, 0.2) is 24.3 Å². The summed E-state index contributed by atoms with van der Waals surface area (Å²) in [4.78, 5) is 2.13. The van der Waals surface area contributed by atoms with Crippen molar-refractivity contribution in [1.29, 1.82) is 0 Å². The molecule has 0 saturated heterocycles. The molecule has 0 aliphatic carbocycles. The molecule has 0 spiro atoms. The maximum absolute atomic E-state index is 13.6. The minimum Gasteiger partial charge on any atom is -0.329 e. The molecule has 0 aliphatic rings. The van der Waals surface area contributed by atoms with Crippen LogP contribution in [0.3, 0.4) is 0 Å². The zero-order valence-corrected chi connectivity index (χ0v) is 11.2. The summed E-state index contributed by atoms with van der Waals surface area (Å²) in [7, 11) is 2.00. The minimum atomic E-state index is -0.150. The van der Waals surface area contributed by atoms with Crippen LogP contribution in [0.5, 0.6) is 0 Å². The molecule has 0 amide bonds. The van der Waals surface area contributed by atoms with Crippen molar-refractivity contribution >= 4 is 0 Å². The lowest BCUT2D eigenvalue weighted by molar-refractivity contribution is 0.0867. The van der Waals surface area contributed by atoms with E-state index in [1.54, 1.807) is 6.07 Å². The largest absolute Gasteiger partial charge is 0.329 e. The second kappa shape index (κ2) is 5.61. The lowest BCUT2D eigenvalue weighted by Gasteiger charge is -2.41. The van der Waals surface area contributed by atoms with E-state index >= 15 is 0 Å². The Kier molecular flexibility index (Phi) is 4.66. The topological polar surface area (TPSA) is 29.3 Å². The molecule has 0 aromatic heterocycles. The van der Waals surface area contributed by atoms with Gasteiger partial charge in [0, 0.05) is 24.2 Å². The Morgan fingerprint density at radius 1 is 1.35 bits per heavy atom. The van der Waals surface area contributed by atoms with E-state index in [0.29, 0.717) is 19.0 Å². The number of likely N-dealkylation sites (N-methyl/N-ethyl adjacent to an activating group) is 1. The van der Waals surface area contributed by atoms with Crippen molar-refractivity contribution < 1.29 is 4.39 Å². The van der Waals surface area contributed by atoms with Crippen molar-refractivity contribution in [1.82, 2.24) is 4.90 Å². The number of hydrogen-bond donors (Lipinski definition) is 1. The van der Waals surface area contributed by atoms with Gasteiger partial charge < -0.3 is 5.73 Å². The fourth-order valence-corrected chi connectivity index (χ4v) is 1.90. The van der Waals surface area contributed by atoms with Crippen LogP contribution in [0.25, 0.3) is 0 Å².